The Hall–Kier alpha value is -4.29. The summed E-state index contributed by atoms with van der Waals surface area (Å²) < 4.78 is 6.02. The second-order valence-electron chi connectivity index (χ2n) is 6.53. The maximum atomic E-state index is 9.06. The van der Waals surface area contributed by atoms with E-state index in [4.69, 9.17) is 21.0 Å². The van der Waals surface area contributed by atoms with E-state index in [9.17, 15) is 0 Å². The molecule has 0 atom stereocenters. The highest BCUT2D eigenvalue weighted by atomic mass is 16.5. The van der Waals surface area contributed by atoms with Crippen LogP contribution in [0, 0.1) is 36.5 Å². The molecule has 2 aromatic carbocycles. The van der Waals surface area contributed by atoms with Crippen LogP contribution in [0.15, 0.2) is 55.1 Å². The van der Waals surface area contributed by atoms with Crippen LogP contribution in [0.5, 0.6) is 11.6 Å². The summed E-state index contributed by atoms with van der Waals surface area (Å²) in [4.78, 5) is 4.47. The quantitative estimate of drug-likeness (QED) is 0.586. The summed E-state index contributed by atoms with van der Waals surface area (Å²) in [6.07, 6.45) is 0. The standard InChI is InChI=1S/C23H19N5O/c1-14-10-18(16(3)12-24)11-15(2)22(14)29-21-9-8-20(26)23(28-21)27-19-6-4-17(13-25)5-7-19/h4-11H,3,26H2,1-2H3,(H,27,28). The van der Waals surface area contributed by atoms with Crippen LogP contribution in [0.25, 0.3) is 5.57 Å². The topological polar surface area (TPSA) is 108 Å². The molecule has 0 aliphatic rings. The molecule has 3 rings (SSSR count). The molecule has 0 saturated carbocycles. The van der Waals surface area contributed by atoms with E-state index in [1.54, 1.807) is 36.4 Å². The number of nitrogens with one attached hydrogen (secondary N) is 1. The lowest BCUT2D eigenvalue weighted by molar-refractivity contribution is 0.457. The summed E-state index contributed by atoms with van der Waals surface area (Å²) in [6.45, 7) is 7.57. The summed E-state index contributed by atoms with van der Waals surface area (Å²) in [5, 5.41) is 21.1. The van der Waals surface area contributed by atoms with Crippen molar-refractivity contribution >= 4 is 22.8 Å². The second kappa shape index (κ2) is 8.16. The fourth-order valence-electron chi connectivity index (χ4n) is 2.83. The summed E-state index contributed by atoms with van der Waals surface area (Å²) in [5.41, 5.74) is 10.8. The van der Waals surface area contributed by atoms with Crippen LogP contribution in [0.2, 0.25) is 0 Å². The molecule has 6 heteroatoms. The maximum absolute atomic E-state index is 9.06. The number of hydrogen-bond donors (Lipinski definition) is 2. The Morgan fingerprint density at radius 3 is 2.31 bits per heavy atom. The number of hydrogen-bond acceptors (Lipinski definition) is 6. The Morgan fingerprint density at radius 1 is 1.07 bits per heavy atom. The third-order valence-electron chi connectivity index (χ3n) is 4.33. The third-order valence-corrected chi connectivity index (χ3v) is 4.33. The molecule has 1 aromatic heterocycles. The van der Waals surface area contributed by atoms with E-state index in [1.807, 2.05) is 26.0 Å². The van der Waals surface area contributed by atoms with Crippen molar-refractivity contribution in [2.24, 2.45) is 0 Å². The van der Waals surface area contributed by atoms with Crippen molar-refractivity contribution in [3.05, 3.63) is 77.4 Å². The van der Waals surface area contributed by atoms with Crippen molar-refractivity contribution in [3.8, 4) is 23.8 Å². The lowest BCUT2D eigenvalue weighted by Crippen LogP contribution is -2.01. The van der Waals surface area contributed by atoms with Gasteiger partial charge in [-0.1, -0.05) is 6.58 Å². The van der Waals surface area contributed by atoms with Crippen LogP contribution in [0.3, 0.4) is 0 Å². The molecule has 0 aliphatic carbocycles. The van der Waals surface area contributed by atoms with Crippen molar-refractivity contribution in [2.75, 3.05) is 11.1 Å². The van der Waals surface area contributed by atoms with Crippen molar-refractivity contribution < 1.29 is 4.74 Å². The number of benzene rings is 2. The van der Waals surface area contributed by atoms with Crippen molar-refractivity contribution in [3.63, 3.8) is 0 Å². The van der Waals surface area contributed by atoms with Gasteiger partial charge in [0.05, 0.1) is 29.0 Å². The molecular weight excluding hydrogens is 362 g/mol. The minimum atomic E-state index is 0.383. The van der Waals surface area contributed by atoms with Gasteiger partial charge < -0.3 is 15.8 Å². The molecule has 0 amide bonds. The largest absolute Gasteiger partial charge is 0.438 e. The Balaban J connectivity index is 1.87. The molecule has 3 aromatic rings. The molecule has 29 heavy (non-hydrogen) atoms. The minimum absolute atomic E-state index is 0.383. The van der Waals surface area contributed by atoms with E-state index in [1.165, 1.54) is 0 Å². The number of pyridine rings is 1. The Morgan fingerprint density at radius 2 is 1.72 bits per heavy atom. The van der Waals surface area contributed by atoms with Gasteiger partial charge in [0, 0.05) is 11.8 Å². The van der Waals surface area contributed by atoms with Crippen LogP contribution in [0.4, 0.5) is 17.2 Å². The van der Waals surface area contributed by atoms with Gasteiger partial charge in [0.25, 0.3) is 0 Å². The number of ether oxygens (including phenoxy) is 1. The molecular formula is C23H19N5O. The zero-order valence-electron chi connectivity index (χ0n) is 16.2. The van der Waals surface area contributed by atoms with Gasteiger partial charge in [-0.2, -0.15) is 15.5 Å². The maximum Gasteiger partial charge on any atom is 0.221 e. The number of anilines is 3. The summed E-state index contributed by atoms with van der Waals surface area (Å²) >= 11 is 0. The van der Waals surface area contributed by atoms with E-state index < -0.39 is 0 Å². The van der Waals surface area contributed by atoms with Gasteiger partial charge in [-0.3, -0.25) is 0 Å². The summed E-state index contributed by atoms with van der Waals surface area (Å²) in [6, 6.07) is 18.3. The Kier molecular flexibility index (Phi) is 5.48. The Labute approximate surface area is 169 Å². The first-order chi connectivity index (χ1) is 13.9. The number of aryl methyl sites for hydroxylation is 2. The van der Waals surface area contributed by atoms with Crippen LogP contribution < -0.4 is 15.8 Å². The number of nitrogens with zero attached hydrogens (tertiary/aromatic N) is 3. The van der Waals surface area contributed by atoms with Gasteiger partial charge in [-0.15, -0.1) is 0 Å². The van der Waals surface area contributed by atoms with E-state index >= 15 is 0 Å². The van der Waals surface area contributed by atoms with Gasteiger partial charge >= 0.3 is 0 Å². The number of nitriles is 2. The highest BCUT2D eigenvalue weighted by Crippen LogP contribution is 2.32. The first kappa shape index (κ1) is 19.5. The molecule has 3 N–H and O–H groups in total. The SMILES string of the molecule is C=C(C#N)c1cc(C)c(Oc2ccc(N)c(Nc3ccc(C#N)cc3)n2)c(C)c1. The van der Waals surface area contributed by atoms with Gasteiger partial charge in [-0.25, -0.2) is 0 Å². The first-order valence-electron chi connectivity index (χ1n) is 8.83. The van der Waals surface area contributed by atoms with Crippen molar-refractivity contribution in [1.82, 2.24) is 4.98 Å². The molecule has 0 radical (unpaired) electrons. The van der Waals surface area contributed by atoms with Crippen molar-refractivity contribution in [2.45, 2.75) is 13.8 Å². The highest BCUT2D eigenvalue weighted by Gasteiger charge is 2.12. The summed E-state index contributed by atoms with van der Waals surface area (Å²) in [7, 11) is 0. The number of aromatic nitrogens is 1. The van der Waals surface area contributed by atoms with Gasteiger partial charge in [0.15, 0.2) is 5.82 Å². The second-order valence-corrected chi connectivity index (χ2v) is 6.53. The fourth-order valence-corrected chi connectivity index (χ4v) is 2.83. The molecule has 1 heterocycles. The lowest BCUT2D eigenvalue weighted by atomic mass is 10.0. The average Bonchev–Trinajstić information content (AvgIpc) is 2.72. The number of allylic oxidation sites excluding steroid dienone is 1. The smallest absolute Gasteiger partial charge is 0.221 e. The monoisotopic (exact) mass is 381 g/mol. The normalized spacial score (nSPS) is 9.93. The molecule has 0 unspecified atom stereocenters. The van der Waals surface area contributed by atoms with E-state index in [0.29, 0.717) is 34.3 Å². The summed E-state index contributed by atoms with van der Waals surface area (Å²) in [5.74, 6) is 1.51. The van der Waals surface area contributed by atoms with E-state index in [2.05, 4.69) is 29.0 Å². The predicted octanol–water partition coefficient (Wildman–Crippen LogP) is 5.23. The molecule has 0 saturated heterocycles. The molecule has 0 spiro atoms. The average molecular weight is 381 g/mol. The highest BCUT2D eigenvalue weighted by molar-refractivity contribution is 5.76. The Bertz CT molecular complexity index is 1140. The van der Waals surface area contributed by atoms with E-state index in [-0.39, 0.29) is 0 Å². The van der Waals surface area contributed by atoms with Gasteiger partial charge in [0.2, 0.25) is 5.88 Å². The molecule has 0 bridgehead atoms. The van der Waals surface area contributed by atoms with Crippen molar-refractivity contribution in [1.29, 1.82) is 10.5 Å². The van der Waals surface area contributed by atoms with Crippen LogP contribution in [-0.4, -0.2) is 4.98 Å². The molecule has 0 aliphatic heterocycles. The van der Waals surface area contributed by atoms with E-state index in [0.717, 1.165) is 22.4 Å². The van der Waals surface area contributed by atoms with Gasteiger partial charge in [0.1, 0.15) is 5.75 Å². The van der Waals surface area contributed by atoms with Crippen LogP contribution >= 0.6 is 0 Å². The third kappa shape index (κ3) is 4.35. The number of nitrogens with two attached hydrogens (primary N) is 1. The predicted molar refractivity (Wildman–Crippen MR) is 114 cm³/mol. The zero-order chi connectivity index (χ0) is 21.0. The molecule has 0 fully saturated rings. The minimum Gasteiger partial charge on any atom is -0.438 e. The van der Waals surface area contributed by atoms with Crippen LogP contribution in [-0.2, 0) is 0 Å². The lowest BCUT2D eigenvalue weighted by Gasteiger charge is -2.15. The molecule has 142 valence electrons. The number of nitrogen functional groups attached to an aromatic ring is 1. The molecule has 6 nitrogen and oxygen atoms in total. The fraction of sp³-hybridized carbons (Fsp3) is 0.0870. The first-order valence-corrected chi connectivity index (χ1v) is 8.83. The number of rotatable bonds is 5. The van der Waals surface area contributed by atoms with Gasteiger partial charge in [-0.05, 0) is 73.0 Å². The van der Waals surface area contributed by atoms with Crippen LogP contribution in [0.1, 0.15) is 22.3 Å². The zero-order valence-corrected chi connectivity index (χ0v) is 16.2.